The molecular formula is C22H31F3N6. The average molecular weight is 437 g/mol. The van der Waals surface area contributed by atoms with Crippen molar-refractivity contribution >= 4 is 11.6 Å². The van der Waals surface area contributed by atoms with E-state index < -0.39 is 11.7 Å². The smallest absolute Gasteiger partial charge is 0.368 e. The first kappa shape index (κ1) is 23.0. The lowest BCUT2D eigenvalue weighted by Gasteiger charge is -2.38. The number of guanidine groups is 1. The predicted octanol–water partition coefficient (Wildman–Crippen LogP) is 3.39. The SMILES string of the molecule is CCNC(=NCCc1c(C)nn(C)c1C)N1CCN(c2cccc(C(F)(F)F)c2)CC1. The van der Waals surface area contributed by atoms with E-state index >= 15 is 0 Å². The van der Waals surface area contributed by atoms with Gasteiger partial charge in [0.2, 0.25) is 0 Å². The molecule has 1 fully saturated rings. The third kappa shape index (κ3) is 5.51. The Morgan fingerprint density at radius 3 is 2.45 bits per heavy atom. The lowest BCUT2D eigenvalue weighted by molar-refractivity contribution is -0.137. The topological polar surface area (TPSA) is 48.7 Å². The molecule has 2 heterocycles. The summed E-state index contributed by atoms with van der Waals surface area (Å²) < 4.78 is 41.0. The summed E-state index contributed by atoms with van der Waals surface area (Å²) >= 11 is 0. The number of halogens is 3. The van der Waals surface area contributed by atoms with Crippen LogP contribution in [0.4, 0.5) is 18.9 Å². The molecule has 0 aliphatic carbocycles. The molecule has 1 aromatic heterocycles. The Bertz CT molecular complexity index is 910. The molecule has 0 spiro atoms. The Morgan fingerprint density at radius 2 is 1.87 bits per heavy atom. The highest BCUT2D eigenvalue weighted by Gasteiger charge is 2.31. The van der Waals surface area contributed by atoms with Crippen molar-refractivity contribution in [2.45, 2.75) is 33.4 Å². The Morgan fingerprint density at radius 1 is 1.16 bits per heavy atom. The predicted molar refractivity (Wildman–Crippen MR) is 118 cm³/mol. The average Bonchev–Trinajstić information content (AvgIpc) is 2.98. The van der Waals surface area contributed by atoms with Crippen molar-refractivity contribution in [3.05, 3.63) is 46.8 Å². The quantitative estimate of drug-likeness (QED) is 0.577. The molecule has 1 aliphatic heterocycles. The third-order valence-electron chi connectivity index (χ3n) is 5.73. The van der Waals surface area contributed by atoms with E-state index in [0.717, 1.165) is 36.4 Å². The van der Waals surface area contributed by atoms with Crippen LogP contribution in [0.5, 0.6) is 0 Å². The van der Waals surface area contributed by atoms with Crippen molar-refractivity contribution in [2.24, 2.45) is 12.0 Å². The van der Waals surface area contributed by atoms with Gasteiger partial charge in [-0.25, -0.2) is 0 Å². The maximum atomic E-state index is 13.0. The van der Waals surface area contributed by atoms with Crippen molar-refractivity contribution < 1.29 is 13.2 Å². The van der Waals surface area contributed by atoms with Gasteiger partial charge in [-0.2, -0.15) is 18.3 Å². The Hall–Kier alpha value is -2.71. The van der Waals surface area contributed by atoms with Crippen LogP contribution in [-0.2, 0) is 19.6 Å². The van der Waals surface area contributed by atoms with Crippen molar-refractivity contribution in [1.82, 2.24) is 20.0 Å². The molecule has 1 aliphatic rings. The van der Waals surface area contributed by atoms with E-state index in [4.69, 9.17) is 4.99 Å². The first-order valence-electron chi connectivity index (χ1n) is 10.6. The molecule has 2 aromatic rings. The highest BCUT2D eigenvalue weighted by molar-refractivity contribution is 5.80. The van der Waals surface area contributed by atoms with E-state index in [0.29, 0.717) is 38.4 Å². The summed E-state index contributed by atoms with van der Waals surface area (Å²) in [5.74, 6) is 0.852. The van der Waals surface area contributed by atoms with Gasteiger partial charge in [0.1, 0.15) is 0 Å². The second-order valence-corrected chi connectivity index (χ2v) is 7.78. The van der Waals surface area contributed by atoms with E-state index in [9.17, 15) is 13.2 Å². The summed E-state index contributed by atoms with van der Waals surface area (Å²) in [6.45, 7) is 10.2. The van der Waals surface area contributed by atoms with Gasteiger partial charge in [0.25, 0.3) is 0 Å². The number of aromatic nitrogens is 2. The van der Waals surface area contributed by atoms with Crippen molar-refractivity contribution in [1.29, 1.82) is 0 Å². The molecule has 0 radical (unpaired) electrons. The van der Waals surface area contributed by atoms with E-state index in [1.165, 1.54) is 17.7 Å². The monoisotopic (exact) mass is 436 g/mol. The van der Waals surface area contributed by atoms with Crippen LogP contribution in [0.3, 0.4) is 0 Å². The Kier molecular flexibility index (Phi) is 7.12. The summed E-state index contributed by atoms with van der Waals surface area (Å²) in [6, 6.07) is 5.55. The minimum Gasteiger partial charge on any atom is -0.368 e. The van der Waals surface area contributed by atoms with Gasteiger partial charge in [0.05, 0.1) is 11.3 Å². The molecule has 9 heteroatoms. The first-order chi connectivity index (χ1) is 14.7. The van der Waals surface area contributed by atoms with Crippen LogP contribution in [0.25, 0.3) is 0 Å². The molecule has 0 amide bonds. The summed E-state index contributed by atoms with van der Waals surface area (Å²) in [5, 5.41) is 7.80. The van der Waals surface area contributed by atoms with Crippen LogP contribution in [0, 0.1) is 13.8 Å². The maximum Gasteiger partial charge on any atom is 0.416 e. The molecular weight excluding hydrogens is 405 g/mol. The van der Waals surface area contributed by atoms with Gasteiger partial charge in [-0.15, -0.1) is 0 Å². The molecule has 3 rings (SSSR count). The molecule has 6 nitrogen and oxygen atoms in total. The number of nitrogens with one attached hydrogen (secondary N) is 1. The molecule has 31 heavy (non-hydrogen) atoms. The molecule has 170 valence electrons. The number of nitrogens with zero attached hydrogens (tertiary/aromatic N) is 5. The van der Waals surface area contributed by atoms with Crippen LogP contribution in [0.15, 0.2) is 29.3 Å². The van der Waals surface area contributed by atoms with E-state index in [1.54, 1.807) is 6.07 Å². The fourth-order valence-electron chi connectivity index (χ4n) is 3.93. The number of alkyl halides is 3. The van der Waals surface area contributed by atoms with Gasteiger partial charge >= 0.3 is 6.18 Å². The number of rotatable bonds is 5. The molecule has 1 N–H and O–H groups in total. The zero-order valence-corrected chi connectivity index (χ0v) is 18.6. The third-order valence-corrected chi connectivity index (χ3v) is 5.73. The minimum atomic E-state index is -4.33. The number of benzene rings is 1. The molecule has 1 aromatic carbocycles. The molecule has 0 atom stereocenters. The van der Waals surface area contributed by atoms with E-state index in [1.807, 2.05) is 30.5 Å². The Labute approximate surface area is 181 Å². The van der Waals surface area contributed by atoms with Crippen LogP contribution in [0.1, 0.15) is 29.4 Å². The highest BCUT2D eigenvalue weighted by atomic mass is 19.4. The van der Waals surface area contributed by atoms with Gasteiger partial charge in [0.15, 0.2) is 5.96 Å². The summed E-state index contributed by atoms with van der Waals surface area (Å²) in [4.78, 5) is 8.97. The fraction of sp³-hybridized carbons (Fsp3) is 0.545. The summed E-state index contributed by atoms with van der Waals surface area (Å²) in [7, 11) is 1.95. The largest absolute Gasteiger partial charge is 0.416 e. The second kappa shape index (κ2) is 9.62. The highest BCUT2D eigenvalue weighted by Crippen LogP contribution is 2.31. The zero-order valence-electron chi connectivity index (χ0n) is 18.6. The molecule has 0 unspecified atom stereocenters. The minimum absolute atomic E-state index is 0.608. The Balaban J connectivity index is 1.62. The molecule has 1 saturated heterocycles. The van der Waals surface area contributed by atoms with Gasteiger partial charge in [-0.1, -0.05) is 6.07 Å². The van der Waals surface area contributed by atoms with Crippen molar-refractivity contribution in [2.75, 3.05) is 44.2 Å². The van der Waals surface area contributed by atoms with E-state index in [2.05, 4.69) is 22.2 Å². The van der Waals surface area contributed by atoms with Crippen LogP contribution in [-0.4, -0.2) is 59.9 Å². The number of hydrogen-bond donors (Lipinski definition) is 1. The molecule has 0 bridgehead atoms. The second-order valence-electron chi connectivity index (χ2n) is 7.78. The normalized spacial score (nSPS) is 15.5. The number of aliphatic imine (C=N–C) groups is 1. The van der Waals surface area contributed by atoms with E-state index in [-0.39, 0.29) is 0 Å². The lowest BCUT2D eigenvalue weighted by atomic mass is 10.1. The lowest BCUT2D eigenvalue weighted by Crippen LogP contribution is -2.52. The summed E-state index contributed by atoms with van der Waals surface area (Å²) in [5.41, 5.74) is 3.43. The van der Waals surface area contributed by atoms with Crippen LogP contribution in [0.2, 0.25) is 0 Å². The number of anilines is 1. The number of hydrogen-bond acceptors (Lipinski definition) is 3. The zero-order chi connectivity index (χ0) is 22.6. The van der Waals surface area contributed by atoms with Gasteiger partial charge in [-0.3, -0.25) is 9.67 Å². The maximum absolute atomic E-state index is 13.0. The first-order valence-corrected chi connectivity index (χ1v) is 10.6. The van der Waals surface area contributed by atoms with Gasteiger partial charge in [0, 0.05) is 57.7 Å². The van der Waals surface area contributed by atoms with Crippen LogP contribution >= 0.6 is 0 Å². The number of aryl methyl sites for hydroxylation is 2. The standard InChI is InChI=1S/C22H31F3N6/c1-5-26-21(27-10-9-20-16(2)28-29(4)17(20)3)31-13-11-30(12-14-31)19-8-6-7-18(15-19)22(23,24)25/h6-8,15H,5,9-14H2,1-4H3,(H,26,27). The van der Waals surface area contributed by atoms with Crippen molar-refractivity contribution in [3.8, 4) is 0 Å². The summed E-state index contributed by atoms with van der Waals surface area (Å²) in [6.07, 6.45) is -3.50. The van der Waals surface area contributed by atoms with Gasteiger partial charge < -0.3 is 15.1 Å². The molecule has 0 saturated carbocycles. The van der Waals surface area contributed by atoms with Crippen LogP contribution < -0.4 is 10.2 Å². The van der Waals surface area contributed by atoms with Gasteiger partial charge in [-0.05, 0) is 51.0 Å². The van der Waals surface area contributed by atoms with Crippen molar-refractivity contribution in [3.63, 3.8) is 0 Å². The fourth-order valence-corrected chi connectivity index (χ4v) is 3.93. The number of piperazine rings is 1.